The lowest BCUT2D eigenvalue weighted by Gasteiger charge is -2.36. The molecule has 3 heteroatoms. The summed E-state index contributed by atoms with van der Waals surface area (Å²) in [6.45, 7) is 2.94. The van der Waals surface area contributed by atoms with Crippen molar-refractivity contribution in [2.45, 2.75) is 82.8 Å². The summed E-state index contributed by atoms with van der Waals surface area (Å²) in [7, 11) is 0. The van der Waals surface area contributed by atoms with Gasteiger partial charge in [-0.1, -0.05) is 32.6 Å². The van der Waals surface area contributed by atoms with Crippen LogP contribution in [-0.4, -0.2) is 30.0 Å². The molecular formula is C16H31NO2. The highest BCUT2D eigenvalue weighted by Crippen LogP contribution is 2.45. The van der Waals surface area contributed by atoms with Gasteiger partial charge in [0.15, 0.2) is 0 Å². The Morgan fingerprint density at radius 3 is 2.58 bits per heavy atom. The largest absolute Gasteiger partial charge is 0.396 e. The summed E-state index contributed by atoms with van der Waals surface area (Å²) in [5.41, 5.74) is 6.01. The van der Waals surface area contributed by atoms with Crippen molar-refractivity contribution in [3.8, 4) is 0 Å². The van der Waals surface area contributed by atoms with Gasteiger partial charge in [0.05, 0.1) is 11.7 Å². The summed E-state index contributed by atoms with van der Waals surface area (Å²) in [6.07, 6.45) is 12.2. The van der Waals surface area contributed by atoms with Gasteiger partial charge < -0.3 is 15.6 Å². The molecule has 2 aliphatic rings. The highest BCUT2D eigenvalue weighted by molar-refractivity contribution is 4.94. The molecule has 1 aliphatic carbocycles. The maximum atomic E-state index is 9.73. The van der Waals surface area contributed by atoms with Crippen LogP contribution in [0.3, 0.4) is 0 Å². The maximum absolute atomic E-state index is 9.73. The zero-order chi connectivity index (χ0) is 13.8. The minimum Gasteiger partial charge on any atom is -0.396 e. The molecule has 0 aromatic rings. The van der Waals surface area contributed by atoms with Gasteiger partial charge in [-0.25, -0.2) is 0 Å². The van der Waals surface area contributed by atoms with E-state index in [1.54, 1.807) is 0 Å². The first kappa shape index (κ1) is 15.3. The maximum Gasteiger partial charge on any atom is 0.0687 e. The zero-order valence-corrected chi connectivity index (χ0v) is 12.5. The molecule has 0 aromatic heterocycles. The van der Waals surface area contributed by atoms with Crippen LogP contribution in [0.25, 0.3) is 0 Å². The molecule has 2 unspecified atom stereocenters. The van der Waals surface area contributed by atoms with Crippen LogP contribution < -0.4 is 5.73 Å². The molecule has 0 bridgehead atoms. The van der Waals surface area contributed by atoms with Gasteiger partial charge in [0, 0.05) is 18.6 Å². The van der Waals surface area contributed by atoms with Crippen molar-refractivity contribution >= 4 is 0 Å². The monoisotopic (exact) mass is 269 g/mol. The second kappa shape index (κ2) is 6.55. The lowest BCUT2D eigenvalue weighted by atomic mass is 9.78. The standard InChI is InChI=1S/C16H31NO2/c1-2-7-15(12-17,13-18)11-14-6-10-16(19-14)8-4-3-5-9-16/h14,18H,2-13,17H2,1H3. The summed E-state index contributed by atoms with van der Waals surface area (Å²) in [6, 6.07) is 0. The number of ether oxygens (including phenoxy) is 1. The second-order valence-corrected chi connectivity index (χ2v) is 6.84. The SMILES string of the molecule is CCCC(CN)(CO)CC1CCC2(CCCCC2)O1. The molecule has 2 rings (SSSR count). The average molecular weight is 269 g/mol. The lowest BCUT2D eigenvalue weighted by Crippen LogP contribution is -2.39. The third-order valence-electron chi connectivity index (χ3n) is 5.31. The van der Waals surface area contributed by atoms with Crippen LogP contribution in [0.2, 0.25) is 0 Å². The first-order valence-electron chi connectivity index (χ1n) is 8.16. The van der Waals surface area contributed by atoms with Gasteiger partial charge in [0.2, 0.25) is 0 Å². The Kier molecular flexibility index (Phi) is 5.27. The van der Waals surface area contributed by atoms with E-state index in [2.05, 4.69) is 6.92 Å². The molecule has 0 amide bonds. The highest BCUT2D eigenvalue weighted by atomic mass is 16.5. The Morgan fingerprint density at radius 2 is 2.00 bits per heavy atom. The van der Waals surface area contributed by atoms with E-state index in [9.17, 15) is 5.11 Å². The van der Waals surface area contributed by atoms with Crippen LogP contribution in [0.15, 0.2) is 0 Å². The molecule has 112 valence electrons. The molecule has 1 heterocycles. The summed E-state index contributed by atoms with van der Waals surface area (Å²) >= 11 is 0. The van der Waals surface area contributed by atoms with Gasteiger partial charge in [-0.15, -0.1) is 0 Å². The molecule has 3 N–H and O–H groups in total. The van der Waals surface area contributed by atoms with Crippen molar-refractivity contribution in [1.82, 2.24) is 0 Å². The summed E-state index contributed by atoms with van der Waals surface area (Å²) in [5.74, 6) is 0. The average Bonchev–Trinajstić information content (AvgIpc) is 2.81. The quantitative estimate of drug-likeness (QED) is 0.779. The fourth-order valence-electron chi connectivity index (χ4n) is 4.11. The predicted molar refractivity (Wildman–Crippen MR) is 78.0 cm³/mol. The van der Waals surface area contributed by atoms with E-state index >= 15 is 0 Å². The number of aliphatic hydroxyl groups is 1. The Balaban J connectivity index is 1.92. The predicted octanol–water partition coefficient (Wildman–Crippen LogP) is 3.00. The van der Waals surface area contributed by atoms with Crippen molar-refractivity contribution in [2.24, 2.45) is 11.1 Å². The molecule has 0 radical (unpaired) electrons. The number of aliphatic hydroxyl groups excluding tert-OH is 1. The van der Waals surface area contributed by atoms with Crippen molar-refractivity contribution in [3.63, 3.8) is 0 Å². The van der Waals surface area contributed by atoms with Crippen molar-refractivity contribution in [1.29, 1.82) is 0 Å². The van der Waals surface area contributed by atoms with Gasteiger partial charge in [-0.3, -0.25) is 0 Å². The fourth-order valence-corrected chi connectivity index (χ4v) is 4.11. The molecule has 1 spiro atoms. The van der Waals surface area contributed by atoms with E-state index in [4.69, 9.17) is 10.5 Å². The zero-order valence-electron chi connectivity index (χ0n) is 12.5. The van der Waals surface area contributed by atoms with Gasteiger partial charge in [-0.2, -0.15) is 0 Å². The molecule has 2 atom stereocenters. The highest BCUT2D eigenvalue weighted by Gasteiger charge is 2.43. The van der Waals surface area contributed by atoms with Crippen LogP contribution in [0, 0.1) is 5.41 Å². The van der Waals surface area contributed by atoms with Gasteiger partial charge in [0.25, 0.3) is 0 Å². The summed E-state index contributed by atoms with van der Waals surface area (Å²) < 4.78 is 6.43. The van der Waals surface area contributed by atoms with Gasteiger partial charge >= 0.3 is 0 Å². The van der Waals surface area contributed by atoms with E-state index in [1.165, 1.54) is 38.5 Å². The molecule has 3 nitrogen and oxygen atoms in total. The minimum absolute atomic E-state index is 0.111. The fraction of sp³-hybridized carbons (Fsp3) is 1.00. The number of rotatable bonds is 6. The van der Waals surface area contributed by atoms with Gasteiger partial charge in [-0.05, 0) is 38.5 Å². The van der Waals surface area contributed by atoms with Crippen molar-refractivity contribution in [3.05, 3.63) is 0 Å². The summed E-state index contributed by atoms with van der Waals surface area (Å²) in [5, 5.41) is 9.73. The van der Waals surface area contributed by atoms with Crippen LogP contribution >= 0.6 is 0 Å². The van der Waals surface area contributed by atoms with E-state index < -0.39 is 0 Å². The topological polar surface area (TPSA) is 55.5 Å². The third-order valence-corrected chi connectivity index (χ3v) is 5.31. The Hall–Kier alpha value is -0.120. The Bertz CT molecular complexity index is 270. The van der Waals surface area contributed by atoms with Crippen LogP contribution in [0.4, 0.5) is 0 Å². The molecule has 19 heavy (non-hydrogen) atoms. The molecule has 0 aromatic carbocycles. The lowest BCUT2D eigenvalue weighted by molar-refractivity contribution is -0.0815. The minimum atomic E-state index is -0.111. The van der Waals surface area contributed by atoms with Gasteiger partial charge in [0.1, 0.15) is 0 Å². The van der Waals surface area contributed by atoms with E-state index in [0.717, 1.165) is 25.7 Å². The Labute approximate surface area is 117 Å². The molecule has 2 fully saturated rings. The second-order valence-electron chi connectivity index (χ2n) is 6.84. The number of hydrogen-bond acceptors (Lipinski definition) is 3. The molecular weight excluding hydrogens is 238 g/mol. The normalized spacial score (nSPS) is 29.5. The summed E-state index contributed by atoms with van der Waals surface area (Å²) in [4.78, 5) is 0. The number of hydrogen-bond donors (Lipinski definition) is 2. The first-order valence-corrected chi connectivity index (χ1v) is 8.16. The van der Waals surface area contributed by atoms with Crippen molar-refractivity contribution < 1.29 is 9.84 Å². The van der Waals surface area contributed by atoms with E-state index in [1.807, 2.05) is 0 Å². The molecule has 1 saturated carbocycles. The Morgan fingerprint density at radius 1 is 1.26 bits per heavy atom. The number of nitrogens with two attached hydrogens (primary N) is 1. The molecule has 1 saturated heterocycles. The molecule has 1 aliphatic heterocycles. The van der Waals surface area contributed by atoms with E-state index in [-0.39, 0.29) is 17.6 Å². The van der Waals surface area contributed by atoms with Crippen LogP contribution in [-0.2, 0) is 4.74 Å². The smallest absolute Gasteiger partial charge is 0.0687 e. The van der Waals surface area contributed by atoms with Crippen LogP contribution in [0.1, 0.15) is 71.1 Å². The van der Waals surface area contributed by atoms with Crippen LogP contribution in [0.5, 0.6) is 0 Å². The van der Waals surface area contributed by atoms with Crippen molar-refractivity contribution in [2.75, 3.05) is 13.2 Å². The van der Waals surface area contributed by atoms with E-state index in [0.29, 0.717) is 12.6 Å². The first-order chi connectivity index (χ1) is 9.17. The third kappa shape index (κ3) is 3.50.